The number of thioether (sulfide) groups is 2. The minimum absolute atomic E-state index is 0.149. The zero-order chi connectivity index (χ0) is 18.3. The van der Waals surface area contributed by atoms with E-state index in [1.165, 1.54) is 40.0 Å². The molecule has 0 fully saturated rings. The second-order valence-electron chi connectivity index (χ2n) is 6.25. The predicted octanol–water partition coefficient (Wildman–Crippen LogP) is 3.39. The third-order valence-corrected chi connectivity index (χ3v) is 7.31. The summed E-state index contributed by atoms with van der Waals surface area (Å²) in [6, 6.07) is 0. The van der Waals surface area contributed by atoms with Crippen LogP contribution in [0, 0.1) is 12.8 Å². The first-order valence-electron chi connectivity index (χ1n) is 8.40. The molecule has 7 nitrogen and oxygen atoms in total. The molecule has 0 radical (unpaired) electrons. The lowest BCUT2D eigenvalue weighted by Crippen LogP contribution is -2.27. The monoisotopic (exact) mass is 407 g/mol. The highest BCUT2D eigenvalue weighted by molar-refractivity contribution is 8.18. The van der Waals surface area contributed by atoms with Gasteiger partial charge in [-0.2, -0.15) is 4.99 Å². The highest BCUT2D eigenvalue weighted by Gasteiger charge is 2.40. The maximum Gasteiger partial charge on any atom is 0.262 e. The minimum Gasteiger partial charge on any atom is -0.300 e. The number of aliphatic imine (C=N–C) groups is 2. The van der Waals surface area contributed by atoms with Crippen molar-refractivity contribution in [3.63, 3.8) is 0 Å². The lowest BCUT2D eigenvalue weighted by atomic mass is 9.89. The number of aryl methyl sites for hydroxylation is 1. The van der Waals surface area contributed by atoms with Crippen LogP contribution in [-0.4, -0.2) is 37.5 Å². The van der Waals surface area contributed by atoms with Gasteiger partial charge in [0.05, 0.1) is 10.3 Å². The minimum atomic E-state index is -0.444. The van der Waals surface area contributed by atoms with Crippen LogP contribution < -0.4 is 5.32 Å². The van der Waals surface area contributed by atoms with Crippen molar-refractivity contribution in [3.05, 3.63) is 15.5 Å². The molecule has 3 aliphatic rings. The quantitative estimate of drug-likeness (QED) is 0.825. The number of allylic oxidation sites excluding steroid dienone is 1. The van der Waals surface area contributed by atoms with Crippen molar-refractivity contribution in [3.8, 4) is 0 Å². The number of hydrogen-bond donors (Lipinski definition) is 1. The Bertz CT molecular complexity index is 873. The van der Waals surface area contributed by atoms with Gasteiger partial charge in [-0.25, -0.2) is 4.99 Å². The standard InChI is InChI=1S/C16H17N5O2S3/c1-7(12(22)17-16-21-20-8(2)25-16)24-15-18-13(23)11-9-5-3-4-6-10(9)26-14(11)19-15/h7,11H,3-6H2,1-2H3,(H,17,21,22). The summed E-state index contributed by atoms with van der Waals surface area (Å²) in [6.45, 7) is 3.59. The Morgan fingerprint density at radius 1 is 1.27 bits per heavy atom. The zero-order valence-corrected chi connectivity index (χ0v) is 16.8. The summed E-state index contributed by atoms with van der Waals surface area (Å²) in [5, 5.41) is 12.5. The Hall–Kier alpha value is -1.52. The number of nitrogens with one attached hydrogen (secondary N) is 1. The van der Waals surface area contributed by atoms with Gasteiger partial charge in [0.2, 0.25) is 11.0 Å². The molecule has 0 bridgehead atoms. The van der Waals surface area contributed by atoms with E-state index in [1.807, 2.05) is 6.92 Å². The fourth-order valence-electron chi connectivity index (χ4n) is 3.10. The first-order chi connectivity index (χ1) is 12.5. The summed E-state index contributed by atoms with van der Waals surface area (Å²) in [5.74, 6) is -0.627. The molecule has 2 amide bonds. The first kappa shape index (κ1) is 17.9. The maximum atomic E-state index is 12.5. The molecule has 10 heteroatoms. The average molecular weight is 408 g/mol. The van der Waals surface area contributed by atoms with Crippen molar-refractivity contribution < 1.29 is 9.59 Å². The molecule has 1 aromatic heterocycles. The number of aromatic nitrogens is 2. The van der Waals surface area contributed by atoms with E-state index in [0.717, 1.165) is 29.3 Å². The van der Waals surface area contributed by atoms with Crippen molar-refractivity contribution >= 4 is 62.0 Å². The molecule has 26 heavy (non-hydrogen) atoms. The maximum absolute atomic E-state index is 12.5. The largest absolute Gasteiger partial charge is 0.300 e. The van der Waals surface area contributed by atoms with Crippen LogP contribution in [0.4, 0.5) is 5.13 Å². The van der Waals surface area contributed by atoms with Crippen LogP contribution in [0.25, 0.3) is 0 Å². The Morgan fingerprint density at radius 2 is 2.08 bits per heavy atom. The van der Waals surface area contributed by atoms with Gasteiger partial charge in [-0.3, -0.25) is 14.9 Å². The van der Waals surface area contributed by atoms with Crippen LogP contribution in [0.5, 0.6) is 0 Å². The van der Waals surface area contributed by atoms with E-state index >= 15 is 0 Å². The predicted molar refractivity (Wildman–Crippen MR) is 107 cm³/mol. The molecule has 1 aromatic rings. The van der Waals surface area contributed by atoms with E-state index in [2.05, 4.69) is 25.5 Å². The number of amidine groups is 1. The van der Waals surface area contributed by atoms with Gasteiger partial charge in [-0.15, -0.1) is 10.2 Å². The SMILES string of the molecule is Cc1nnc(NC(=O)C(C)SC2=NC(=O)C3C(=N2)SC2=C3CCCC2)s1. The van der Waals surface area contributed by atoms with Gasteiger partial charge in [0.1, 0.15) is 10.9 Å². The van der Waals surface area contributed by atoms with Crippen LogP contribution >= 0.6 is 34.9 Å². The molecule has 1 aliphatic carbocycles. The Morgan fingerprint density at radius 3 is 2.85 bits per heavy atom. The van der Waals surface area contributed by atoms with Crippen molar-refractivity contribution in [2.75, 3.05) is 5.32 Å². The van der Waals surface area contributed by atoms with Gasteiger partial charge in [0.25, 0.3) is 5.91 Å². The van der Waals surface area contributed by atoms with Crippen molar-refractivity contribution in [2.45, 2.75) is 44.8 Å². The lowest BCUT2D eigenvalue weighted by molar-refractivity contribution is -0.119. The number of amides is 2. The number of carbonyl (C=O) groups is 2. The van der Waals surface area contributed by atoms with Crippen LogP contribution in [0.2, 0.25) is 0 Å². The topological polar surface area (TPSA) is 96.7 Å². The average Bonchev–Trinajstić information content (AvgIpc) is 3.17. The van der Waals surface area contributed by atoms with E-state index in [4.69, 9.17) is 0 Å². The molecule has 1 N–H and O–H groups in total. The van der Waals surface area contributed by atoms with Gasteiger partial charge < -0.3 is 0 Å². The molecule has 3 heterocycles. The van der Waals surface area contributed by atoms with Gasteiger partial charge in [-0.05, 0) is 50.0 Å². The van der Waals surface area contributed by atoms with E-state index in [1.54, 1.807) is 18.7 Å². The number of fused-ring (bicyclic) bond motifs is 2. The molecule has 0 saturated heterocycles. The lowest BCUT2D eigenvalue weighted by Gasteiger charge is -2.18. The van der Waals surface area contributed by atoms with Crippen LogP contribution in [0.3, 0.4) is 0 Å². The summed E-state index contributed by atoms with van der Waals surface area (Å²) < 4.78 is 0. The third-order valence-electron chi connectivity index (χ3n) is 4.35. The van der Waals surface area contributed by atoms with Crippen molar-refractivity contribution in [1.29, 1.82) is 0 Å². The molecular formula is C16H17N5O2S3. The summed E-state index contributed by atoms with van der Waals surface area (Å²) in [4.78, 5) is 34.9. The summed E-state index contributed by atoms with van der Waals surface area (Å²) in [6.07, 6.45) is 4.30. The van der Waals surface area contributed by atoms with Crippen LogP contribution in [-0.2, 0) is 9.59 Å². The van der Waals surface area contributed by atoms with Gasteiger partial charge in [0, 0.05) is 0 Å². The van der Waals surface area contributed by atoms with E-state index in [-0.39, 0.29) is 17.7 Å². The summed E-state index contributed by atoms with van der Waals surface area (Å²) in [7, 11) is 0. The first-order valence-corrected chi connectivity index (χ1v) is 10.9. The van der Waals surface area contributed by atoms with Crippen molar-refractivity contribution in [1.82, 2.24) is 10.2 Å². The van der Waals surface area contributed by atoms with Gasteiger partial charge >= 0.3 is 0 Å². The van der Waals surface area contributed by atoms with Crippen molar-refractivity contribution in [2.24, 2.45) is 15.9 Å². The number of anilines is 1. The Kier molecular flexibility index (Phi) is 4.98. The second-order valence-corrected chi connectivity index (χ2v) is 9.85. The third kappa shape index (κ3) is 3.49. The molecule has 136 valence electrons. The molecule has 2 aliphatic heterocycles. The van der Waals surface area contributed by atoms with Gasteiger partial charge in [0.15, 0.2) is 5.17 Å². The van der Waals surface area contributed by atoms with Gasteiger partial charge in [-0.1, -0.05) is 34.9 Å². The zero-order valence-electron chi connectivity index (χ0n) is 14.3. The number of rotatable bonds is 3. The van der Waals surface area contributed by atoms with Crippen LogP contribution in [0.15, 0.2) is 20.5 Å². The second kappa shape index (κ2) is 7.24. The summed E-state index contributed by atoms with van der Waals surface area (Å²) in [5.41, 5.74) is 1.22. The Labute approximate surface area is 163 Å². The fraction of sp³-hybridized carbons (Fsp3) is 0.500. The molecule has 0 aromatic carbocycles. The Balaban J connectivity index is 1.43. The van der Waals surface area contributed by atoms with E-state index in [9.17, 15) is 9.59 Å². The molecule has 0 spiro atoms. The number of carbonyl (C=O) groups excluding carboxylic acids is 2. The van der Waals surface area contributed by atoms with E-state index < -0.39 is 5.25 Å². The molecule has 0 saturated carbocycles. The normalized spacial score (nSPS) is 23.2. The molecule has 2 atom stereocenters. The fourth-order valence-corrected chi connectivity index (χ4v) is 5.87. The van der Waals surface area contributed by atoms with E-state index in [0.29, 0.717) is 10.3 Å². The summed E-state index contributed by atoms with van der Waals surface area (Å²) >= 11 is 4.14. The number of hydrogen-bond acceptors (Lipinski definition) is 8. The molecule has 2 unspecified atom stereocenters. The smallest absolute Gasteiger partial charge is 0.262 e. The highest BCUT2D eigenvalue weighted by Crippen LogP contribution is 2.47. The van der Waals surface area contributed by atoms with Crippen LogP contribution in [0.1, 0.15) is 37.6 Å². The number of nitrogens with zero attached hydrogens (tertiary/aromatic N) is 4. The molecule has 4 rings (SSSR count). The highest BCUT2D eigenvalue weighted by atomic mass is 32.2. The molecular weight excluding hydrogens is 390 g/mol.